The van der Waals surface area contributed by atoms with E-state index < -0.39 is 0 Å². The van der Waals surface area contributed by atoms with Crippen LogP contribution in [0.15, 0.2) is 109 Å². The highest BCUT2D eigenvalue weighted by Gasteiger charge is 2.49. The summed E-state index contributed by atoms with van der Waals surface area (Å²) in [5.74, 6) is 0. The zero-order chi connectivity index (χ0) is 29.7. The van der Waals surface area contributed by atoms with Crippen molar-refractivity contribution in [3.63, 3.8) is 0 Å². The van der Waals surface area contributed by atoms with E-state index in [0.717, 1.165) is 6.32 Å². The van der Waals surface area contributed by atoms with Crippen LogP contribution >= 0.6 is 0 Å². The Kier molecular flexibility index (Phi) is 5.54. The van der Waals surface area contributed by atoms with Crippen molar-refractivity contribution in [3.8, 4) is 27.9 Å². The monoisotopic (exact) mass is 559 g/mol. The molecule has 0 radical (unpaired) electrons. The number of para-hydroxylation sites is 1. The molecule has 0 saturated carbocycles. The second-order valence-corrected chi connectivity index (χ2v) is 14.3. The Balaban J connectivity index is 1.25. The highest BCUT2D eigenvalue weighted by Crippen LogP contribution is 2.49. The summed E-state index contributed by atoms with van der Waals surface area (Å²) in [6.45, 7) is 13.9. The van der Waals surface area contributed by atoms with Crippen LogP contribution in [0.2, 0.25) is 6.32 Å². The van der Waals surface area contributed by atoms with Gasteiger partial charge in [-0.3, -0.25) is 0 Å². The third-order valence-electron chi connectivity index (χ3n) is 10.9. The van der Waals surface area contributed by atoms with Crippen LogP contribution in [-0.2, 0) is 10.1 Å². The predicted octanol–water partition coefficient (Wildman–Crippen LogP) is 9.79. The molecule has 0 N–H and O–H groups in total. The molecule has 1 aliphatic heterocycles. The molecule has 2 heterocycles. The average molecular weight is 560 g/mol. The standard InChI is InChI=1S/C40H38BNO/c1-38(2)25-41(43-40(38,5)6)28-13-11-12-26(22-28)27-18-21-37-33(23-27)31-15-8-10-17-36(31)42(37)29-19-20-35-32(24-29)30-14-7-9-16-34(30)39(35,3)4/h7-24H,25H2,1-6H3. The molecule has 1 aromatic heterocycles. The van der Waals surface area contributed by atoms with Crippen molar-refractivity contribution in [3.05, 3.63) is 120 Å². The highest BCUT2D eigenvalue weighted by molar-refractivity contribution is 6.68. The Hall–Kier alpha value is -4.08. The van der Waals surface area contributed by atoms with Gasteiger partial charge in [0.2, 0.25) is 0 Å². The molecule has 0 amide bonds. The first-order chi connectivity index (χ1) is 20.5. The number of nitrogens with zero attached hydrogens (tertiary/aromatic N) is 1. The molecule has 3 heteroatoms. The van der Waals surface area contributed by atoms with Crippen LogP contribution in [0.3, 0.4) is 0 Å². The van der Waals surface area contributed by atoms with E-state index in [4.69, 9.17) is 4.65 Å². The molecule has 1 saturated heterocycles. The molecule has 212 valence electrons. The summed E-state index contributed by atoms with van der Waals surface area (Å²) in [5.41, 5.74) is 12.9. The molecule has 1 aliphatic carbocycles. The first-order valence-electron chi connectivity index (χ1n) is 15.6. The number of benzene rings is 5. The smallest absolute Gasteiger partial charge is 0.327 e. The van der Waals surface area contributed by atoms with Gasteiger partial charge < -0.3 is 9.22 Å². The van der Waals surface area contributed by atoms with Gasteiger partial charge in [0.1, 0.15) is 0 Å². The van der Waals surface area contributed by atoms with Crippen LogP contribution < -0.4 is 5.46 Å². The van der Waals surface area contributed by atoms with Gasteiger partial charge in [0, 0.05) is 21.9 Å². The van der Waals surface area contributed by atoms with E-state index in [1.165, 1.54) is 66.3 Å². The Morgan fingerprint density at radius 3 is 2.14 bits per heavy atom. The lowest BCUT2D eigenvalue weighted by Gasteiger charge is -2.34. The molecule has 0 atom stereocenters. The number of aromatic nitrogens is 1. The van der Waals surface area contributed by atoms with Crippen LogP contribution in [0.5, 0.6) is 0 Å². The van der Waals surface area contributed by atoms with Crippen molar-refractivity contribution in [1.29, 1.82) is 0 Å². The minimum atomic E-state index is -0.149. The van der Waals surface area contributed by atoms with Gasteiger partial charge in [-0.15, -0.1) is 0 Å². The van der Waals surface area contributed by atoms with Gasteiger partial charge in [-0.25, -0.2) is 0 Å². The number of hydrogen-bond donors (Lipinski definition) is 0. The van der Waals surface area contributed by atoms with E-state index >= 15 is 0 Å². The van der Waals surface area contributed by atoms with E-state index in [1.807, 2.05) is 0 Å². The van der Waals surface area contributed by atoms with Gasteiger partial charge in [-0.05, 0) is 94.8 Å². The molecule has 0 bridgehead atoms. The Bertz CT molecular complexity index is 2060. The van der Waals surface area contributed by atoms with Crippen LogP contribution in [-0.4, -0.2) is 17.1 Å². The third kappa shape index (κ3) is 3.84. The molecular weight excluding hydrogens is 521 g/mol. The van der Waals surface area contributed by atoms with E-state index in [0.29, 0.717) is 0 Å². The fourth-order valence-electron chi connectivity index (χ4n) is 7.65. The Morgan fingerprint density at radius 1 is 0.605 bits per heavy atom. The Morgan fingerprint density at radius 2 is 1.33 bits per heavy atom. The first kappa shape index (κ1) is 26.5. The average Bonchev–Trinajstić information content (AvgIpc) is 3.54. The Labute approximate surface area is 255 Å². The number of fused-ring (bicyclic) bond motifs is 6. The SMILES string of the molecule is CC1(C)c2ccccc2-c2cc(-n3c4ccccc4c4cc(-c5cccc(B6CC(C)(C)C(C)(C)O6)c5)ccc43)ccc21. The van der Waals surface area contributed by atoms with Crippen LogP contribution in [0.4, 0.5) is 0 Å². The summed E-state index contributed by atoms with van der Waals surface area (Å²) >= 11 is 0. The molecule has 6 aromatic rings. The second-order valence-electron chi connectivity index (χ2n) is 14.3. The minimum Gasteiger partial charge on any atom is -0.426 e. The molecular formula is C40H38BNO. The summed E-state index contributed by atoms with van der Waals surface area (Å²) in [6.07, 6.45) is 1.03. The summed E-state index contributed by atoms with van der Waals surface area (Å²) in [6, 6.07) is 40.7. The topological polar surface area (TPSA) is 14.2 Å². The maximum absolute atomic E-state index is 6.58. The first-order valence-corrected chi connectivity index (χ1v) is 15.6. The van der Waals surface area contributed by atoms with Gasteiger partial charge in [0.05, 0.1) is 16.6 Å². The van der Waals surface area contributed by atoms with Crippen molar-refractivity contribution in [2.75, 3.05) is 0 Å². The zero-order valence-electron chi connectivity index (χ0n) is 26.0. The summed E-state index contributed by atoms with van der Waals surface area (Å²) in [4.78, 5) is 0. The molecule has 1 fully saturated rings. The lowest BCUT2D eigenvalue weighted by molar-refractivity contribution is 0.0375. The molecule has 8 rings (SSSR count). The molecule has 2 aliphatic rings. The van der Waals surface area contributed by atoms with E-state index in [2.05, 4.69) is 155 Å². The third-order valence-corrected chi connectivity index (χ3v) is 10.9. The molecule has 2 nitrogen and oxygen atoms in total. The van der Waals surface area contributed by atoms with E-state index in [-0.39, 0.29) is 23.3 Å². The fraction of sp³-hybridized carbons (Fsp3) is 0.250. The maximum atomic E-state index is 6.58. The van der Waals surface area contributed by atoms with Crippen LogP contribution in [0.25, 0.3) is 49.7 Å². The summed E-state index contributed by atoms with van der Waals surface area (Å²) in [7, 11) is 0. The van der Waals surface area contributed by atoms with Gasteiger partial charge in [-0.1, -0.05) is 107 Å². The quantitative estimate of drug-likeness (QED) is 0.197. The minimum absolute atomic E-state index is 0.00373. The predicted molar refractivity (Wildman–Crippen MR) is 183 cm³/mol. The molecule has 0 unspecified atom stereocenters. The summed E-state index contributed by atoms with van der Waals surface area (Å²) in [5, 5.41) is 2.55. The van der Waals surface area contributed by atoms with Crippen LogP contribution in [0, 0.1) is 5.41 Å². The van der Waals surface area contributed by atoms with Gasteiger partial charge in [0.25, 0.3) is 0 Å². The molecule has 43 heavy (non-hydrogen) atoms. The summed E-state index contributed by atoms with van der Waals surface area (Å²) < 4.78 is 9.02. The largest absolute Gasteiger partial charge is 0.426 e. The maximum Gasteiger partial charge on any atom is 0.327 e. The van der Waals surface area contributed by atoms with Gasteiger partial charge in [0.15, 0.2) is 0 Å². The van der Waals surface area contributed by atoms with Gasteiger partial charge >= 0.3 is 6.92 Å². The highest BCUT2D eigenvalue weighted by atomic mass is 16.5. The molecule has 0 spiro atoms. The second kappa shape index (κ2) is 8.97. The van der Waals surface area contributed by atoms with Crippen molar-refractivity contribution in [2.45, 2.75) is 58.9 Å². The zero-order valence-corrected chi connectivity index (χ0v) is 26.0. The van der Waals surface area contributed by atoms with E-state index in [1.54, 1.807) is 0 Å². The van der Waals surface area contributed by atoms with Crippen LogP contribution in [0.1, 0.15) is 52.7 Å². The van der Waals surface area contributed by atoms with Crippen molar-refractivity contribution in [1.82, 2.24) is 4.57 Å². The van der Waals surface area contributed by atoms with Crippen molar-refractivity contribution >= 4 is 34.2 Å². The normalized spacial score (nSPS) is 17.9. The van der Waals surface area contributed by atoms with Crippen molar-refractivity contribution < 1.29 is 4.65 Å². The number of rotatable bonds is 3. The lowest BCUT2D eigenvalue weighted by Crippen LogP contribution is -2.36. The van der Waals surface area contributed by atoms with E-state index in [9.17, 15) is 0 Å². The van der Waals surface area contributed by atoms with Crippen molar-refractivity contribution in [2.24, 2.45) is 5.41 Å². The van der Waals surface area contributed by atoms with Gasteiger partial charge in [-0.2, -0.15) is 0 Å². The lowest BCUT2D eigenvalue weighted by atomic mass is 9.54. The number of hydrogen-bond acceptors (Lipinski definition) is 1. The fourth-order valence-corrected chi connectivity index (χ4v) is 7.65. The molecule has 5 aromatic carbocycles.